The fourth-order valence-electron chi connectivity index (χ4n) is 2.23. The van der Waals surface area contributed by atoms with Crippen LogP contribution in [0.2, 0.25) is 0 Å². The van der Waals surface area contributed by atoms with Crippen LogP contribution < -0.4 is 5.32 Å². The van der Waals surface area contributed by atoms with Crippen molar-refractivity contribution in [2.75, 3.05) is 0 Å². The van der Waals surface area contributed by atoms with Crippen LogP contribution in [0, 0.1) is 0 Å². The topological polar surface area (TPSA) is 83.5 Å². The van der Waals surface area contributed by atoms with Gasteiger partial charge >= 0.3 is 5.97 Å². The van der Waals surface area contributed by atoms with E-state index < -0.39 is 17.9 Å². The molecule has 0 fully saturated rings. The van der Waals surface area contributed by atoms with Gasteiger partial charge in [0.1, 0.15) is 6.04 Å². The number of rotatable bonds is 6. The molecule has 2 aromatic carbocycles. The van der Waals surface area contributed by atoms with E-state index in [0.717, 1.165) is 5.56 Å². The summed E-state index contributed by atoms with van der Waals surface area (Å²) < 4.78 is 0. The van der Waals surface area contributed by atoms with E-state index in [1.807, 2.05) is 6.07 Å². The summed E-state index contributed by atoms with van der Waals surface area (Å²) in [5.41, 5.74) is 1.86. The molecule has 5 nitrogen and oxygen atoms in total. The zero-order chi connectivity index (χ0) is 16.8. The van der Waals surface area contributed by atoms with Gasteiger partial charge in [0.15, 0.2) is 5.78 Å². The minimum absolute atomic E-state index is 0.0891. The third-order valence-corrected chi connectivity index (χ3v) is 3.37. The summed E-state index contributed by atoms with van der Waals surface area (Å²) in [6.07, 6.45) is 0.161. The van der Waals surface area contributed by atoms with Crippen molar-refractivity contribution < 1.29 is 19.5 Å². The van der Waals surface area contributed by atoms with Crippen LogP contribution in [0.15, 0.2) is 54.6 Å². The first-order valence-corrected chi connectivity index (χ1v) is 7.16. The second kappa shape index (κ2) is 7.35. The molecule has 0 saturated carbocycles. The molecule has 1 atom stereocenters. The lowest BCUT2D eigenvalue weighted by molar-refractivity contribution is -0.141. The fraction of sp³-hybridized carbons (Fsp3) is 0.167. The van der Waals surface area contributed by atoms with Gasteiger partial charge in [-0.25, -0.2) is 4.79 Å². The van der Waals surface area contributed by atoms with Crippen molar-refractivity contribution in [3.05, 3.63) is 71.3 Å². The molecule has 0 bridgehead atoms. The van der Waals surface area contributed by atoms with Gasteiger partial charge in [0, 0.05) is 24.5 Å². The van der Waals surface area contributed by atoms with E-state index in [-0.39, 0.29) is 12.2 Å². The van der Waals surface area contributed by atoms with Crippen molar-refractivity contribution in [1.82, 2.24) is 5.32 Å². The SMILES string of the molecule is CC(=O)N[C@@H](Cc1ccc(C(=O)c2ccccc2)cc1)C(=O)O. The Labute approximate surface area is 134 Å². The summed E-state index contributed by atoms with van der Waals surface area (Å²) in [5.74, 6) is -1.58. The average molecular weight is 311 g/mol. The van der Waals surface area contributed by atoms with Crippen LogP contribution in [0.25, 0.3) is 0 Å². The molecule has 0 spiro atoms. The van der Waals surface area contributed by atoms with Gasteiger partial charge in [0.25, 0.3) is 0 Å². The van der Waals surface area contributed by atoms with Crippen LogP contribution in [-0.2, 0) is 16.0 Å². The number of ketones is 1. The number of carboxylic acids is 1. The zero-order valence-corrected chi connectivity index (χ0v) is 12.7. The predicted octanol–water partition coefficient (Wildman–Crippen LogP) is 2.05. The molecule has 23 heavy (non-hydrogen) atoms. The van der Waals surface area contributed by atoms with Gasteiger partial charge in [-0.1, -0.05) is 54.6 Å². The van der Waals surface area contributed by atoms with Gasteiger partial charge < -0.3 is 10.4 Å². The molecule has 0 heterocycles. The Morgan fingerprint density at radius 2 is 1.52 bits per heavy atom. The molecule has 2 N–H and O–H groups in total. The van der Waals surface area contributed by atoms with E-state index in [2.05, 4.69) is 5.32 Å². The number of benzene rings is 2. The third kappa shape index (κ3) is 4.51. The highest BCUT2D eigenvalue weighted by Crippen LogP contribution is 2.12. The number of carboxylic acid groups (broad SMARTS) is 1. The maximum absolute atomic E-state index is 12.3. The number of carbonyl (C=O) groups is 3. The molecule has 0 aromatic heterocycles. The van der Waals surface area contributed by atoms with Crippen LogP contribution in [0.4, 0.5) is 0 Å². The van der Waals surface area contributed by atoms with Gasteiger partial charge in [-0.05, 0) is 5.56 Å². The molecule has 1 amide bonds. The number of hydrogen-bond donors (Lipinski definition) is 2. The fourth-order valence-corrected chi connectivity index (χ4v) is 2.23. The molecule has 2 aromatic rings. The highest BCUT2D eigenvalue weighted by atomic mass is 16.4. The smallest absolute Gasteiger partial charge is 0.326 e. The molecule has 0 unspecified atom stereocenters. The maximum atomic E-state index is 12.3. The Kier molecular flexibility index (Phi) is 5.25. The highest BCUT2D eigenvalue weighted by Gasteiger charge is 2.19. The minimum atomic E-state index is -1.09. The quantitative estimate of drug-likeness (QED) is 0.800. The van der Waals surface area contributed by atoms with Crippen LogP contribution in [0.1, 0.15) is 28.4 Å². The summed E-state index contributed by atoms with van der Waals surface area (Å²) in [7, 11) is 0. The maximum Gasteiger partial charge on any atom is 0.326 e. The average Bonchev–Trinajstić information content (AvgIpc) is 2.54. The Hall–Kier alpha value is -2.95. The van der Waals surface area contributed by atoms with E-state index in [9.17, 15) is 14.4 Å². The summed E-state index contributed by atoms with van der Waals surface area (Å²) in [6.45, 7) is 1.28. The first-order chi connectivity index (χ1) is 11.0. The molecule has 2 rings (SSSR count). The Balaban J connectivity index is 2.11. The van der Waals surface area contributed by atoms with E-state index in [1.54, 1.807) is 48.5 Å². The molecular formula is C18H17NO4. The summed E-state index contributed by atoms with van der Waals surface area (Å²) in [4.78, 5) is 34.4. The van der Waals surface area contributed by atoms with Crippen LogP contribution >= 0.6 is 0 Å². The number of nitrogens with one attached hydrogen (secondary N) is 1. The van der Waals surface area contributed by atoms with E-state index in [4.69, 9.17) is 5.11 Å². The van der Waals surface area contributed by atoms with Crippen molar-refractivity contribution in [2.45, 2.75) is 19.4 Å². The second-order valence-corrected chi connectivity index (χ2v) is 5.19. The number of amides is 1. The molecule has 5 heteroatoms. The van der Waals surface area contributed by atoms with Crippen molar-refractivity contribution in [3.8, 4) is 0 Å². The van der Waals surface area contributed by atoms with Crippen molar-refractivity contribution in [1.29, 1.82) is 0 Å². The monoisotopic (exact) mass is 311 g/mol. The van der Waals surface area contributed by atoms with Crippen LogP contribution in [0.3, 0.4) is 0 Å². The number of carbonyl (C=O) groups excluding carboxylic acids is 2. The number of aliphatic carboxylic acids is 1. The van der Waals surface area contributed by atoms with Crippen LogP contribution in [0.5, 0.6) is 0 Å². The lowest BCUT2D eigenvalue weighted by Gasteiger charge is -2.13. The van der Waals surface area contributed by atoms with E-state index >= 15 is 0 Å². The lowest BCUT2D eigenvalue weighted by Crippen LogP contribution is -2.41. The molecule has 0 aliphatic rings. The second-order valence-electron chi connectivity index (χ2n) is 5.19. The van der Waals surface area contributed by atoms with E-state index in [1.165, 1.54) is 6.92 Å². The van der Waals surface area contributed by atoms with E-state index in [0.29, 0.717) is 11.1 Å². The molecule has 0 aliphatic carbocycles. The highest BCUT2D eigenvalue weighted by molar-refractivity contribution is 6.08. The Morgan fingerprint density at radius 3 is 2.04 bits per heavy atom. The zero-order valence-electron chi connectivity index (χ0n) is 12.7. The molecule has 0 saturated heterocycles. The van der Waals surface area contributed by atoms with Gasteiger partial charge in [0.2, 0.25) is 5.91 Å². The first kappa shape index (κ1) is 16.4. The third-order valence-electron chi connectivity index (χ3n) is 3.37. The van der Waals surface area contributed by atoms with Crippen molar-refractivity contribution in [3.63, 3.8) is 0 Å². The van der Waals surface area contributed by atoms with Gasteiger partial charge in [-0.3, -0.25) is 9.59 Å². The standard InChI is InChI=1S/C18H17NO4/c1-12(20)19-16(18(22)23)11-13-7-9-15(10-8-13)17(21)14-5-3-2-4-6-14/h2-10,16H,11H2,1H3,(H,19,20)(H,22,23)/t16-/m0/s1. The van der Waals surface area contributed by atoms with Gasteiger partial charge in [-0.15, -0.1) is 0 Å². The lowest BCUT2D eigenvalue weighted by atomic mass is 9.99. The summed E-state index contributed by atoms with van der Waals surface area (Å²) in [5, 5.41) is 11.5. The Bertz CT molecular complexity index is 708. The molecule has 0 radical (unpaired) electrons. The predicted molar refractivity (Wildman–Crippen MR) is 85.3 cm³/mol. The first-order valence-electron chi connectivity index (χ1n) is 7.16. The largest absolute Gasteiger partial charge is 0.480 e. The van der Waals surface area contributed by atoms with Crippen LogP contribution in [-0.4, -0.2) is 28.8 Å². The van der Waals surface area contributed by atoms with Crippen molar-refractivity contribution >= 4 is 17.7 Å². The minimum Gasteiger partial charge on any atom is -0.480 e. The van der Waals surface area contributed by atoms with Crippen molar-refractivity contribution in [2.24, 2.45) is 0 Å². The summed E-state index contributed by atoms with van der Waals surface area (Å²) in [6, 6.07) is 14.7. The summed E-state index contributed by atoms with van der Waals surface area (Å²) >= 11 is 0. The van der Waals surface area contributed by atoms with Gasteiger partial charge in [0.05, 0.1) is 0 Å². The van der Waals surface area contributed by atoms with Gasteiger partial charge in [-0.2, -0.15) is 0 Å². The molecule has 118 valence electrons. The molecule has 0 aliphatic heterocycles. The normalized spacial score (nSPS) is 11.5. The molecular weight excluding hydrogens is 294 g/mol. The number of hydrogen-bond acceptors (Lipinski definition) is 3. The Morgan fingerprint density at radius 1 is 0.957 bits per heavy atom.